The number of nitrogens with zero attached hydrogens (tertiary/aromatic N) is 1. The Morgan fingerprint density at radius 2 is 1.50 bits per heavy atom. The number of hydrogen-bond donors (Lipinski definition) is 6. The van der Waals surface area contributed by atoms with E-state index >= 15 is 0 Å². The van der Waals surface area contributed by atoms with Crippen LogP contribution in [0.4, 0.5) is 0 Å². The second kappa shape index (κ2) is 8.81. The third-order valence-electron chi connectivity index (χ3n) is 3.34. The summed E-state index contributed by atoms with van der Waals surface area (Å²) in [5, 5.41) is 4.92. The van der Waals surface area contributed by atoms with Gasteiger partial charge in [-0.05, 0) is 12.8 Å². The maximum absolute atomic E-state index is 11.4. The van der Waals surface area contributed by atoms with Gasteiger partial charge in [-0.1, -0.05) is 13.3 Å². The van der Waals surface area contributed by atoms with Crippen molar-refractivity contribution >= 4 is 27.8 Å². The zero-order chi connectivity index (χ0) is 17.1. The van der Waals surface area contributed by atoms with E-state index in [4.69, 9.17) is 19.6 Å². The van der Waals surface area contributed by atoms with Gasteiger partial charge >= 0.3 is 15.2 Å². The summed E-state index contributed by atoms with van der Waals surface area (Å²) in [6.07, 6.45) is 2.83. The fourth-order valence-electron chi connectivity index (χ4n) is 2.03. The SMILES string of the molecule is CCCCC[N+](C)(C)CC(S)C(O)(P(=O)(O)O)P(=O)(O)O.[Cl-]. The van der Waals surface area contributed by atoms with Crippen molar-refractivity contribution in [3.8, 4) is 0 Å². The fourth-order valence-corrected chi connectivity index (χ4v) is 5.67. The van der Waals surface area contributed by atoms with E-state index in [1.807, 2.05) is 6.92 Å². The van der Waals surface area contributed by atoms with Gasteiger partial charge < -0.3 is 41.6 Å². The van der Waals surface area contributed by atoms with E-state index in [1.165, 1.54) is 0 Å². The van der Waals surface area contributed by atoms with Crippen LogP contribution in [-0.4, -0.2) is 66.7 Å². The van der Waals surface area contributed by atoms with Gasteiger partial charge in [-0.25, -0.2) is 0 Å². The Kier molecular flexibility index (Phi) is 10.1. The van der Waals surface area contributed by atoms with E-state index in [2.05, 4.69) is 12.6 Å². The first-order valence-corrected chi connectivity index (χ1v) is 10.3. The smallest absolute Gasteiger partial charge is 0.370 e. The molecule has 0 fully saturated rings. The largest absolute Gasteiger partial charge is 1.00 e. The summed E-state index contributed by atoms with van der Waals surface area (Å²) in [6.45, 7) is 2.57. The number of hydrogen-bond acceptors (Lipinski definition) is 4. The monoisotopic (exact) mass is 401 g/mol. The summed E-state index contributed by atoms with van der Waals surface area (Å²) in [5.41, 5.74) is 0. The molecule has 0 aromatic carbocycles. The predicted molar refractivity (Wildman–Crippen MR) is 83.2 cm³/mol. The number of rotatable bonds is 9. The Morgan fingerprint density at radius 1 is 1.09 bits per heavy atom. The Bertz CT molecular complexity index is 417. The number of quaternary nitrogens is 1. The first-order chi connectivity index (χ1) is 9.19. The van der Waals surface area contributed by atoms with E-state index in [0.717, 1.165) is 19.3 Å². The molecule has 1 atom stereocenters. The highest BCUT2D eigenvalue weighted by atomic mass is 35.5. The van der Waals surface area contributed by atoms with Crippen LogP contribution in [0.2, 0.25) is 0 Å². The Morgan fingerprint density at radius 3 is 1.82 bits per heavy atom. The molecule has 0 saturated carbocycles. The molecule has 0 rings (SSSR count). The fraction of sp³-hybridized carbons (Fsp3) is 1.00. The first-order valence-electron chi connectivity index (χ1n) is 6.53. The van der Waals surface area contributed by atoms with Gasteiger partial charge in [0.2, 0.25) is 0 Å². The van der Waals surface area contributed by atoms with Gasteiger partial charge in [-0.3, -0.25) is 9.13 Å². The first kappa shape index (κ1) is 25.1. The molecule has 8 nitrogen and oxygen atoms in total. The molecule has 0 aliphatic carbocycles. The van der Waals surface area contributed by atoms with E-state index in [9.17, 15) is 14.2 Å². The lowest BCUT2D eigenvalue weighted by Crippen LogP contribution is -3.00. The van der Waals surface area contributed by atoms with Crippen LogP contribution in [0.15, 0.2) is 0 Å². The predicted octanol–water partition coefficient (Wildman–Crippen LogP) is -2.44. The molecule has 0 aliphatic rings. The van der Waals surface area contributed by atoms with Crippen LogP contribution in [0.25, 0.3) is 0 Å². The third-order valence-corrected chi connectivity index (χ3v) is 8.18. The zero-order valence-electron chi connectivity index (χ0n) is 12.8. The normalized spacial score (nSPS) is 15.3. The number of aliphatic hydroxyl groups is 1. The standard InChI is InChI=1S/C10H25NO7P2S.ClH/c1-4-5-6-7-11(2,3)8-9(21)10(12,19(13,14)15)20(16,17)18;/h9,12H,4-8H2,1-3H3,(H4-,13,14,15,16,17,18,21);1H. The molecule has 0 bridgehead atoms. The van der Waals surface area contributed by atoms with Crippen LogP contribution in [0.5, 0.6) is 0 Å². The molecular formula is C10H26ClNO7P2S. The second-order valence-electron chi connectivity index (χ2n) is 5.84. The van der Waals surface area contributed by atoms with Crippen LogP contribution in [0.1, 0.15) is 26.2 Å². The molecule has 12 heteroatoms. The summed E-state index contributed by atoms with van der Waals surface area (Å²) >= 11 is 3.89. The minimum Gasteiger partial charge on any atom is -1.00 e. The maximum atomic E-state index is 11.4. The van der Waals surface area contributed by atoms with E-state index < -0.39 is 25.5 Å². The van der Waals surface area contributed by atoms with Crippen molar-refractivity contribution in [1.82, 2.24) is 0 Å². The van der Waals surface area contributed by atoms with Crippen molar-refractivity contribution in [2.75, 3.05) is 27.2 Å². The molecule has 5 N–H and O–H groups in total. The molecule has 136 valence electrons. The van der Waals surface area contributed by atoms with Crippen molar-refractivity contribution in [2.45, 2.75) is 36.5 Å². The lowest BCUT2D eigenvalue weighted by Gasteiger charge is -2.38. The topological polar surface area (TPSA) is 135 Å². The lowest BCUT2D eigenvalue weighted by atomic mass is 10.2. The maximum Gasteiger partial charge on any atom is 0.370 e. The number of thiol groups is 1. The van der Waals surface area contributed by atoms with Gasteiger partial charge in [0.1, 0.15) is 5.25 Å². The molecule has 0 aromatic heterocycles. The Balaban J connectivity index is 0. The third kappa shape index (κ3) is 6.40. The molecule has 0 aromatic rings. The Labute approximate surface area is 142 Å². The van der Waals surface area contributed by atoms with Gasteiger partial charge in [0, 0.05) is 0 Å². The second-order valence-corrected chi connectivity index (χ2v) is 10.4. The molecular weight excluding hydrogens is 376 g/mol. The van der Waals surface area contributed by atoms with Crippen LogP contribution >= 0.6 is 27.8 Å². The molecule has 0 aliphatic heterocycles. The van der Waals surface area contributed by atoms with Gasteiger partial charge in [-0.15, -0.1) is 0 Å². The van der Waals surface area contributed by atoms with E-state index in [-0.39, 0.29) is 23.4 Å². The van der Waals surface area contributed by atoms with Crippen LogP contribution in [0, 0.1) is 0 Å². The number of unbranched alkanes of at least 4 members (excludes halogenated alkanes) is 2. The summed E-state index contributed by atoms with van der Waals surface area (Å²) in [6, 6.07) is 0. The minimum atomic E-state index is -5.48. The molecule has 1 unspecified atom stereocenters. The highest BCUT2D eigenvalue weighted by molar-refractivity contribution is 7.83. The average molecular weight is 402 g/mol. The summed E-state index contributed by atoms with van der Waals surface area (Å²) in [7, 11) is -7.46. The van der Waals surface area contributed by atoms with Gasteiger partial charge in [-0.2, -0.15) is 12.6 Å². The molecule has 0 amide bonds. The molecule has 0 spiro atoms. The number of halogens is 1. The lowest BCUT2D eigenvalue weighted by molar-refractivity contribution is -0.890. The zero-order valence-corrected chi connectivity index (χ0v) is 16.3. The van der Waals surface area contributed by atoms with Gasteiger partial charge in [0.25, 0.3) is 5.08 Å². The minimum absolute atomic E-state index is 0. The highest BCUT2D eigenvalue weighted by Crippen LogP contribution is 2.69. The van der Waals surface area contributed by atoms with Crippen molar-refractivity contribution in [2.24, 2.45) is 0 Å². The summed E-state index contributed by atoms with van der Waals surface area (Å²) in [4.78, 5) is 36.7. The molecule has 22 heavy (non-hydrogen) atoms. The summed E-state index contributed by atoms with van der Waals surface area (Å²) < 4.78 is 23.0. The summed E-state index contributed by atoms with van der Waals surface area (Å²) in [5.74, 6) is 0. The Hall–Kier alpha value is 0.860. The molecule has 0 heterocycles. The average Bonchev–Trinajstić information content (AvgIpc) is 2.24. The van der Waals surface area contributed by atoms with Crippen molar-refractivity contribution in [1.29, 1.82) is 0 Å². The van der Waals surface area contributed by atoms with E-state index in [1.54, 1.807) is 14.1 Å². The van der Waals surface area contributed by atoms with Crippen molar-refractivity contribution < 1.29 is 50.7 Å². The quantitative estimate of drug-likeness (QED) is 0.109. The van der Waals surface area contributed by atoms with Crippen molar-refractivity contribution in [3.05, 3.63) is 0 Å². The van der Waals surface area contributed by atoms with Crippen LogP contribution < -0.4 is 12.4 Å². The molecule has 0 radical (unpaired) electrons. The van der Waals surface area contributed by atoms with Crippen molar-refractivity contribution in [3.63, 3.8) is 0 Å². The van der Waals surface area contributed by atoms with Gasteiger partial charge in [0.15, 0.2) is 0 Å². The van der Waals surface area contributed by atoms with Gasteiger partial charge in [0.05, 0.1) is 27.2 Å². The molecule has 0 saturated heterocycles. The van der Waals surface area contributed by atoms with E-state index in [0.29, 0.717) is 6.54 Å². The van der Waals surface area contributed by atoms with Crippen LogP contribution in [0.3, 0.4) is 0 Å². The van der Waals surface area contributed by atoms with Crippen LogP contribution in [-0.2, 0) is 9.13 Å². The highest BCUT2D eigenvalue weighted by Gasteiger charge is 2.64.